The van der Waals surface area contributed by atoms with Gasteiger partial charge < -0.3 is 15.0 Å². The number of benzene rings is 2. The normalized spacial score (nSPS) is 14.7. The highest BCUT2D eigenvalue weighted by atomic mass is 79.9. The van der Waals surface area contributed by atoms with E-state index in [0.29, 0.717) is 0 Å². The number of hydrogen-bond donors (Lipinski definition) is 1. The molecule has 0 spiro atoms. The summed E-state index contributed by atoms with van der Waals surface area (Å²) in [7, 11) is 0. The molecule has 2 aromatic carbocycles. The number of ether oxygens (including phenoxy) is 1. The lowest BCUT2D eigenvalue weighted by Crippen LogP contribution is -2.36. The average Bonchev–Trinajstić information content (AvgIpc) is 2.68. The number of hydrogen-bond acceptors (Lipinski definition) is 4. The maximum absolute atomic E-state index is 5.42. The largest absolute Gasteiger partial charge is 0.380 e. The van der Waals surface area contributed by atoms with Crippen molar-refractivity contribution in [2.75, 3.05) is 36.5 Å². The fraction of sp³-hybridized carbons (Fsp3) is 0.250. The lowest BCUT2D eigenvalue weighted by atomic mass is 10.1. The summed E-state index contributed by atoms with van der Waals surface area (Å²) in [5, 5.41) is 4.66. The van der Waals surface area contributed by atoms with Crippen LogP contribution in [0.1, 0.15) is 5.56 Å². The Balaban J connectivity index is 1.47. The Morgan fingerprint density at radius 3 is 2.64 bits per heavy atom. The van der Waals surface area contributed by atoms with Crippen LogP contribution in [0.3, 0.4) is 0 Å². The first kappa shape index (κ1) is 16.4. The average molecular weight is 398 g/mol. The van der Waals surface area contributed by atoms with Gasteiger partial charge in [-0.05, 0) is 45.8 Å². The molecule has 0 bridgehead atoms. The van der Waals surface area contributed by atoms with Crippen molar-refractivity contribution in [3.8, 4) is 0 Å². The fourth-order valence-electron chi connectivity index (χ4n) is 3.14. The predicted octanol–water partition coefficient (Wildman–Crippen LogP) is 4.45. The molecular weight excluding hydrogens is 378 g/mol. The first-order chi connectivity index (χ1) is 12.3. The van der Waals surface area contributed by atoms with Gasteiger partial charge in [-0.15, -0.1) is 0 Å². The zero-order chi connectivity index (χ0) is 17.1. The van der Waals surface area contributed by atoms with Crippen LogP contribution in [0, 0.1) is 0 Å². The third kappa shape index (κ3) is 3.62. The summed E-state index contributed by atoms with van der Waals surface area (Å²) >= 11 is 3.57. The lowest BCUT2D eigenvalue weighted by molar-refractivity contribution is 0.122. The molecule has 2 heterocycles. The van der Waals surface area contributed by atoms with Gasteiger partial charge in [-0.1, -0.05) is 24.3 Å². The summed E-state index contributed by atoms with van der Waals surface area (Å²) in [6, 6.07) is 17.0. The molecule has 0 radical (unpaired) electrons. The van der Waals surface area contributed by atoms with Gasteiger partial charge >= 0.3 is 0 Å². The number of morpholine rings is 1. The third-order valence-corrected chi connectivity index (χ3v) is 5.16. The number of fused-ring (bicyclic) bond motifs is 1. The van der Waals surface area contributed by atoms with Crippen LogP contribution in [0.15, 0.2) is 59.2 Å². The van der Waals surface area contributed by atoms with Gasteiger partial charge in [0.05, 0.1) is 18.7 Å². The van der Waals surface area contributed by atoms with Crippen LogP contribution in [-0.4, -0.2) is 31.3 Å². The van der Waals surface area contributed by atoms with Crippen molar-refractivity contribution in [3.63, 3.8) is 0 Å². The van der Waals surface area contributed by atoms with Gasteiger partial charge in [0, 0.05) is 47.1 Å². The molecular formula is C20H20BrN3O. The fourth-order valence-corrected chi connectivity index (χ4v) is 3.61. The molecule has 1 aliphatic rings. The molecule has 1 aromatic heterocycles. The van der Waals surface area contributed by atoms with Crippen molar-refractivity contribution in [2.45, 2.75) is 6.54 Å². The zero-order valence-corrected chi connectivity index (χ0v) is 15.5. The molecule has 4 rings (SSSR count). The zero-order valence-electron chi connectivity index (χ0n) is 13.9. The van der Waals surface area contributed by atoms with E-state index in [2.05, 4.69) is 61.5 Å². The van der Waals surface area contributed by atoms with E-state index in [4.69, 9.17) is 4.74 Å². The van der Waals surface area contributed by atoms with Crippen LogP contribution in [0.4, 0.5) is 11.4 Å². The number of anilines is 2. The number of para-hydroxylation sites is 1. The van der Waals surface area contributed by atoms with Crippen LogP contribution in [0.25, 0.3) is 10.9 Å². The van der Waals surface area contributed by atoms with Gasteiger partial charge in [-0.25, -0.2) is 0 Å². The number of nitrogens with one attached hydrogen (secondary N) is 1. The summed E-state index contributed by atoms with van der Waals surface area (Å²) in [4.78, 5) is 6.83. The predicted molar refractivity (Wildman–Crippen MR) is 106 cm³/mol. The molecule has 128 valence electrons. The molecule has 1 N–H and O–H groups in total. The first-order valence-corrected chi connectivity index (χ1v) is 9.29. The summed E-state index contributed by atoms with van der Waals surface area (Å²) in [6.45, 7) is 4.35. The Labute approximate surface area is 155 Å². The van der Waals surface area contributed by atoms with Gasteiger partial charge in [0.25, 0.3) is 0 Å². The molecule has 0 aliphatic carbocycles. The van der Waals surface area contributed by atoms with E-state index in [1.807, 2.05) is 24.4 Å². The minimum Gasteiger partial charge on any atom is -0.380 e. The van der Waals surface area contributed by atoms with Crippen LogP contribution >= 0.6 is 15.9 Å². The third-order valence-electron chi connectivity index (χ3n) is 4.52. The van der Waals surface area contributed by atoms with E-state index in [0.717, 1.165) is 53.9 Å². The van der Waals surface area contributed by atoms with Crippen molar-refractivity contribution < 1.29 is 4.74 Å². The molecule has 5 heteroatoms. The van der Waals surface area contributed by atoms with Crippen molar-refractivity contribution in [2.24, 2.45) is 0 Å². The Bertz CT molecular complexity index is 860. The standard InChI is InChI=1S/C20H20BrN3O/c21-18-3-1-2-17-19(8-9-22-20(17)18)23-14-15-4-6-16(7-5-15)24-10-12-25-13-11-24/h1-9H,10-14H2,(H,22,23). The van der Waals surface area contributed by atoms with Crippen molar-refractivity contribution in [1.82, 2.24) is 4.98 Å². The minimum atomic E-state index is 0.787. The Morgan fingerprint density at radius 2 is 1.84 bits per heavy atom. The SMILES string of the molecule is Brc1cccc2c(NCc3ccc(N4CCOCC4)cc3)ccnc12. The molecule has 4 nitrogen and oxygen atoms in total. The quantitative estimate of drug-likeness (QED) is 0.705. The second-order valence-corrected chi connectivity index (χ2v) is 6.97. The van der Waals surface area contributed by atoms with Gasteiger partial charge in [-0.2, -0.15) is 0 Å². The highest BCUT2D eigenvalue weighted by Gasteiger charge is 2.11. The van der Waals surface area contributed by atoms with Crippen LogP contribution in [0.5, 0.6) is 0 Å². The smallest absolute Gasteiger partial charge is 0.0864 e. The van der Waals surface area contributed by atoms with E-state index in [-0.39, 0.29) is 0 Å². The van der Waals surface area contributed by atoms with Crippen LogP contribution in [0.2, 0.25) is 0 Å². The summed E-state index contributed by atoms with van der Waals surface area (Å²) in [6.07, 6.45) is 1.84. The van der Waals surface area contributed by atoms with E-state index >= 15 is 0 Å². The molecule has 25 heavy (non-hydrogen) atoms. The van der Waals surface area contributed by atoms with E-state index in [1.165, 1.54) is 11.3 Å². The maximum atomic E-state index is 5.42. The highest BCUT2D eigenvalue weighted by Crippen LogP contribution is 2.27. The summed E-state index contributed by atoms with van der Waals surface area (Å²) in [5.74, 6) is 0. The number of nitrogens with zero attached hydrogens (tertiary/aromatic N) is 2. The van der Waals surface area contributed by atoms with Gasteiger partial charge in [-0.3, -0.25) is 4.98 Å². The minimum absolute atomic E-state index is 0.787. The Hall–Kier alpha value is -2.11. The van der Waals surface area contributed by atoms with Gasteiger partial charge in [0.1, 0.15) is 0 Å². The molecule has 3 aromatic rings. The lowest BCUT2D eigenvalue weighted by Gasteiger charge is -2.28. The van der Waals surface area contributed by atoms with E-state index < -0.39 is 0 Å². The monoisotopic (exact) mass is 397 g/mol. The van der Waals surface area contributed by atoms with E-state index in [9.17, 15) is 0 Å². The molecule has 0 saturated carbocycles. The van der Waals surface area contributed by atoms with Crippen LogP contribution in [-0.2, 0) is 11.3 Å². The van der Waals surface area contributed by atoms with E-state index in [1.54, 1.807) is 0 Å². The summed E-state index contributed by atoms with van der Waals surface area (Å²) < 4.78 is 6.43. The highest BCUT2D eigenvalue weighted by molar-refractivity contribution is 9.10. The number of aromatic nitrogens is 1. The molecule has 1 fully saturated rings. The second-order valence-electron chi connectivity index (χ2n) is 6.11. The molecule has 0 unspecified atom stereocenters. The van der Waals surface area contributed by atoms with Crippen molar-refractivity contribution >= 4 is 38.2 Å². The number of pyridine rings is 1. The molecule has 1 saturated heterocycles. The molecule has 0 amide bonds. The summed E-state index contributed by atoms with van der Waals surface area (Å²) in [5.41, 5.74) is 4.61. The molecule has 1 aliphatic heterocycles. The van der Waals surface area contributed by atoms with Crippen molar-refractivity contribution in [1.29, 1.82) is 0 Å². The maximum Gasteiger partial charge on any atom is 0.0864 e. The molecule has 0 atom stereocenters. The number of halogens is 1. The van der Waals surface area contributed by atoms with Gasteiger partial charge in [0.15, 0.2) is 0 Å². The first-order valence-electron chi connectivity index (χ1n) is 8.50. The van der Waals surface area contributed by atoms with Gasteiger partial charge in [0.2, 0.25) is 0 Å². The second kappa shape index (κ2) is 7.42. The van der Waals surface area contributed by atoms with Crippen LogP contribution < -0.4 is 10.2 Å². The number of rotatable bonds is 4. The Morgan fingerprint density at radius 1 is 1.04 bits per heavy atom. The Kier molecular flexibility index (Phi) is 4.85. The topological polar surface area (TPSA) is 37.4 Å². The van der Waals surface area contributed by atoms with Crippen molar-refractivity contribution in [3.05, 3.63) is 64.8 Å².